The lowest BCUT2D eigenvalue weighted by atomic mass is 10.1. The third kappa shape index (κ3) is 3.74. The highest BCUT2D eigenvalue weighted by atomic mass is 16.5. The van der Waals surface area contributed by atoms with Crippen LogP contribution in [0.3, 0.4) is 0 Å². The number of nitrogens with one attached hydrogen (secondary N) is 1. The molecule has 0 spiro atoms. The van der Waals surface area contributed by atoms with Crippen molar-refractivity contribution < 1.29 is 4.74 Å². The van der Waals surface area contributed by atoms with E-state index in [0.29, 0.717) is 18.2 Å². The molecule has 3 rings (SSSR count). The number of aromatic nitrogens is 2. The lowest BCUT2D eigenvalue weighted by Crippen LogP contribution is -2.48. The lowest BCUT2D eigenvalue weighted by Gasteiger charge is -2.34. The molecule has 24 heavy (non-hydrogen) atoms. The predicted octanol–water partition coefficient (Wildman–Crippen LogP) is 0.526. The minimum Gasteiger partial charge on any atom is -0.497 e. The Morgan fingerprint density at radius 2 is 2.04 bits per heavy atom. The molecule has 2 heterocycles. The summed E-state index contributed by atoms with van der Waals surface area (Å²) in [5, 5.41) is 0. The number of H-pyrrole nitrogens is 1. The number of benzene rings is 1. The Balaban J connectivity index is 1.83. The first-order chi connectivity index (χ1) is 11.7. The molecule has 1 aliphatic heterocycles. The van der Waals surface area contributed by atoms with E-state index < -0.39 is 0 Å². The Bertz CT molecular complexity index is 738. The van der Waals surface area contributed by atoms with Gasteiger partial charge in [-0.15, -0.1) is 0 Å². The lowest BCUT2D eigenvalue weighted by molar-refractivity contribution is 0.263. The second-order valence-corrected chi connectivity index (χ2v) is 5.80. The monoisotopic (exact) mass is 329 g/mol. The molecule has 128 valence electrons. The van der Waals surface area contributed by atoms with E-state index in [-0.39, 0.29) is 5.56 Å². The van der Waals surface area contributed by atoms with Gasteiger partial charge in [0.15, 0.2) is 0 Å². The Morgan fingerprint density at radius 3 is 2.75 bits per heavy atom. The SMILES string of the molecule is COc1cccc(-c2cc(=O)[nH]c(N3CCN(CCN)CC3)n2)c1. The van der Waals surface area contributed by atoms with Crippen molar-refractivity contribution in [3.63, 3.8) is 0 Å². The third-order valence-electron chi connectivity index (χ3n) is 4.21. The first kappa shape index (κ1) is 16.5. The maximum Gasteiger partial charge on any atom is 0.252 e. The summed E-state index contributed by atoms with van der Waals surface area (Å²) in [5.41, 5.74) is 6.97. The molecule has 1 fully saturated rings. The molecule has 3 N–H and O–H groups in total. The van der Waals surface area contributed by atoms with Crippen molar-refractivity contribution in [3.8, 4) is 17.0 Å². The molecule has 0 unspecified atom stereocenters. The molecule has 2 aromatic rings. The zero-order valence-corrected chi connectivity index (χ0v) is 13.9. The number of anilines is 1. The highest BCUT2D eigenvalue weighted by molar-refractivity contribution is 5.62. The number of ether oxygens (including phenoxy) is 1. The van der Waals surface area contributed by atoms with Crippen LogP contribution in [-0.2, 0) is 0 Å². The summed E-state index contributed by atoms with van der Waals surface area (Å²) in [6.07, 6.45) is 0. The minimum atomic E-state index is -0.151. The van der Waals surface area contributed by atoms with Crippen molar-refractivity contribution in [1.29, 1.82) is 0 Å². The Hall–Kier alpha value is -2.38. The summed E-state index contributed by atoms with van der Waals surface area (Å²) in [6, 6.07) is 9.08. The maximum atomic E-state index is 12.1. The van der Waals surface area contributed by atoms with E-state index in [9.17, 15) is 4.79 Å². The number of piperazine rings is 1. The maximum absolute atomic E-state index is 12.1. The van der Waals surface area contributed by atoms with Gasteiger partial charge in [0.2, 0.25) is 5.95 Å². The summed E-state index contributed by atoms with van der Waals surface area (Å²) < 4.78 is 5.25. The van der Waals surface area contributed by atoms with Crippen LogP contribution in [0, 0.1) is 0 Å². The largest absolute Gasteiger partial charge is 0.497 e. The molecule has 7 nitrogen and oxygen atoms in total. The van der Waals surface area contributed by atoms with Crippen molar-refractivity contribution >= 4 is 5.95 Å². The third-order valence-corrected chi connectivity index (χ3v) is 4.21. The van der Waals surface area contributed by atoms with Gasteiger partial charge in [-0.2, -0.15) is 0 Å². The number of nitrogens with zero attached hydrogens (tertiary/aromatic N) is 3. The van der Waals surface area contributed by atoms with E-state index >= 15 is 0 Å². The van der Waals surface area contributed by atoms with Gasteiger partial charge in [0.05, 0.1) is 12.8 Å². The average Bonchev–Trinajstić information content (AvgIpc) is 2.62. The second-order valence-electron chi connectivity index (χ2n) is 5.80. The van der Waals surface area contributed by atoms with Gasteiger partial charge in [-0.25, -0.2) is 4.98 Å². The van der Waals surface area contributed by atoms with Crippen molar-refractivity contribution in [2.24, 2.45) is 5.73 Å². The van der Waals surface area contributed by atoms with E-state index in [1.807, 2.05) is 24.3 Å². The molecule has 1 aromatic heterocycles. The van der Waals surface area contributed by atoms with Crippen molar-refractivity contribution in [2.75, 3.05) is 51.3 Å². The number of aromatic amines is 1. The Labute approximate surface area is 141 Å². The van der Waals surface area contributed by atoms with Crippen LogP contribution in [-0.4, -0.2) is 61.2 Å². The van der Waals surface area contributed by atoms with Gasteiger partial charge in [0, 0.05) is 50.9 Å². The van der Waals surface area contributed by atoms with Crippen LogP contribution in [0.2, 0.25) is 0 Å². The zero-order chi connectivity index (χ0) is 16.9. The van der Waals surface area contributed by atoms with E-state index in [0.717, 1.165) is 44.0 Å². The standard InChI is InChI=1S/C17H23N5O2/c1-24-14-4-2-3-13(11-14)15-12-16(23)20-17(19-15)22-9-7-21(6-5-18)8-10-22/h2-4,11-12H,5-10,18H2,1H3,(H,19,20,23). The molecule has 0 amide bonds. The summed E-state index contributed by atoms with van der Waals surface area (Å²) in [5.74, 6) is 1.36. The van der Waals surface area contributed by atoms with E-state index in [1.165, 1.54) is 6.07 Å². The molecular weight excluding hydrogens is 306 g/mol. The molecule has 7 heteroatoms. The first-order valence-corrected chi connectivity index (χ1v) is 8.13. The summed E-state index contributed by atoms with van der Waals surface area (Å²) >= 11 is 0. The fraction of sp³-hybridized carbons (Fsp3) is 0.412. The van der Waals surface area contributed by atoms with Gasteiger partial charge in [0.1, 0.15) is 5.75 Å². The van der Waals surface area contributed by atoms with Crippen LogP contribution in [0.5, 0.6) is 5.75 Å². The van der Waals surface area contributed by atoms with Crippen LogP contribution in [0.1, 0.15) is 0 Å². The van der Waals surface area contributed by atoms with Gasteiger partial charge in [-0.05, 0) is 12.1 Å². The zero-order valence-electron chi connectivity index (χ0n) is 13.9. The molecule has 0 atom stereocenters. The highest BCUT2D eigenvalue weighted by Crippen LogP contribution is 2.22. The number of rotatable bonds is 5. The molecule has 1 aromatic carbocycles. The number of hydrogen-bond donors (Lipinski definition) is 2. The molecular formula is C17H23N5O2. The van der Waals surface area contributed by atoms with Gasteiger partial charge < -0.3 is 15.4 Å². The fourth-order valence-electron chi connectivity index (χ4n) is 2.89. The summed E-state index contributed by atoms with van der Waals surface area (Å²) in [6.45, 7) is 5.06. The molecule has 0 radical (unpaired) electrons. The molecule has 1 saturated heterocycles. The van der Waals surface area contributed by atoms with Crippen LogP contribution in [0.25, 0.3) is 11.3 Å². The van der Waals surface area contributed by atoms with Crippen molar-refractivity contribution in [1.82, 2.24) is 14.9 Å². The van der Waals surface area contributed by atoms with E-state index in [2.05, 4.69) is 19.8 Å². The predicted molar refractivity (Wildman–Crippen MR) is 94.6 cm³/mol. The molecule has 0 aliphatic carbocycles. The number of hydrogen-bond acceptors (Lipinski definition) is 6. The first-order valence-electron chi connectivity index (χ1n) is 8.13. The Morgan fingerprint density at radius 1 is 1.25 bits per heavy atom. The fourth-order valence-corrected chi connectivity index (χ4v) is 2.89. The summed E-state index contributed by atoms with van der Waals surface area (Å²) in [7, 11) is 1.62. The van der Waals surface area contributed by atoms with Crippen molar-refractivity contribution in [2.45, 2.75) is 0 Å². The Kier molecular flexibility index (Phi) is 5.12. The van der Waals surface area contributed by atoms with Gasteiger partial charge in [-0.1, -0.05) is 12.1 Å². The molecule has 1 aliphatic rings. The second kappa shape index (κ2) is 7.46. The number of methoxy groups -OCH3 is 1. The normalized spacial score (nSPS) is 15.5. The highest BCUT2D eigenvalue weighted by Gasteiger charge is 2.18. The molecule has 0 saturated carbocycles. The minimum absolute atomic E-state index is 0.151. The smallest absolute Gasteiger partial charge is 0.252 e. The van der Waals surface area contributed by atoms with E-state index in [1.54, 1.807) is 7.11 Å². The topological polar surface area (TPSA) is 87.5 Å². The van der Waals surface area contributed by atoms with Crippen LogP contribution >= 0.6 is 0 Å². The van der Waals surface area contributed by atoms with Gasteiger partial charge >= 0.3 is 0 Å². The van der Waals surface area contributed by atoms with Gasteiger partial charge in [0.25, 0.3) is 5.56 Å². The van der Waals surface area contributed by atoms with Crippen molar-refractivity contribution in [3.05, 3.63) is 40.7 Å². The van der Waals surface area contributed by atoms with Crippen LogP contribution in [0.4, 0.5) is 5.95 Å². The number of nitrogens with two attached hydrogens (primary N) is 1. The van der Waals surface area contributed by atoms with Crippen LogP contribution < -0.4 is 20.9 Å². The summed E-state index contributed by atoms with van der Waals surface area (Å²) in [4.78, 5) is 24.0. The van der Waals surface area contributed by atoms with Crippen LogP contribution in [0.15, 0.2) is 35.1 Å². The van der Waals surface area contributed by atoms with E-state index in [4.69, 9.17) is 10.5 Å². The van der Waals surface area contributed by atoms with Gasteiger partial charge in [-0.3, -0.25) is 14.7 Å². The average molecular weight is 329 g/mol. The molecule has 0 bridgehead atoms. The quantitative estimate of drug-likeness (QED) is 0.832.